The quantitative estimate of drug-likeness (QED) is 0.452. The van der Waals surface area contributed by atoms with E-state index in [9.17, 15) is 14.4 Å². The predicted octanol–water partition coefficient (Wildman–Crippen LogP) is 1.46. The van der Waals surface area contributed by atoms with Crippen LogP contribution in [0, 0.1) is 0 Å². The van der Waals surface area contributed by atoms with Crippen LogP contribution < -0.4 is 10.9 Å². The molecule has 1 aromatic rings. The molecule has 0 aromatic heterocycles. The summed E-state index contributed by atoms with van der Waals surface area (Å²) in [6, 6.07) is 9.30. The van der Waals surface area contributed by atoms with Gasteiger partial charge in [0.05, 0.1) is 23.4 Å². The zero-order valence-corrected chi connectivity index (χ0v) is 21.1. The number of fused-ring (bicyclic) bond motifs is 1. The molecule has 3 aliphatic rings. The number of nitrogens with zero attached hydrogens (tertiary/aromatic N) is 5. The summed E-state index contributed by atoms with van der Waals surface area (Å²) in [7, 11) is 1.65. The number of amides is 2. The summed E-state index contributed by atoms with van der Waals surface area (Å²) in [4.78, 5) is 42.9. The number of benzene rings is 1. The topological polar surface area (TPSA) is 102 Å². The molecular formula is C26H34N6O4. The standard InChI is InChI=1S/C26H34N6O4/c1-19(2)27-23(33)18-29-11-13-31(14-12-29)25(34)21-16-30(10-7-15-36-3)17-22-24(21)28-32(26(22)35)20-8-5-4-6-9-20/h4-6,8-9,16-17,19H,7,10-15,18H2,1-3H3,(H,27,33). The van der Waals surface area contributed by atoms with Gasteiger partial charge in [-0.3, -0.25) is 19.3 Å². The molecule has 36 heavy (non-hydrogen) atoms. The van der Waals surface area contributed by atoms with Crippen molar-refractivity contribution in [2.45, 2.75) is 32.9 Å². The third kappa shape index (κ3) is 5.83. The molecule has 10 heteroatoms. The molecule has 4 rings (SSSR count). The number of hydrogen-bond acceptors (Lipinski definition) is 6. The zero-order chi connectivity index (χ0) is 25.7. The lowest BCUT2D eigenvalue weighted by atomic mass is 10.1. The number of hydrogen-bond donors (Lipinski definition) is 1. The minimum absolute atomic E-state index is 0.0129. The molecule has 3 heterocycles. The average Bonchev–Trinajstić information content (AvgIpc) is 3.20. The zero-order valence-electron chi connectivity index (χ0n) is 21.1. The van der Waals surface area contributed by atoms with Gasteiger partial charge in [-0.1, -0.05) is 18.2 Å². The highest BCUT2D eigenvalue weighted by molar-refractivity contribution is 6.00. The van der Waals surface area contributed by atoms with Crippen LogP contribution in [0.2, 0.25) is 0 Å². The van der Waals surface area contributed by atoms with E-state index in [-0.39, 0.29) is 23.4 Å². The number of nitrogens with one attached hydrogen (secondary N) is 1. The number of carbonyl (C=O) groups is 2. The van der Waals surface area contributed by atoms with Crippen LogP contribution in [-0.4, -0.2) is 88.4 Å². The lowest BCUT2D eigenvalue weighted by Crippen LogP contribution is -2.51. The summed E-state index contributed by atoms with van der Waals surface area (Å²) in [5.74, 6) is -0.175. The number of methoxy groups -OCH3 is 1. The maximum Gasteiger partial charge on any atom is 0.282 e. The van der Waals surface area contributed by atoms with Crippen molar-refractivity contribution in [2.24, 2.45) is 0 Å². The van der Waals surface area contributed by atoms with E-state index in [0.29, 0.717) is 68.4 Å². The van der Waals surface area contributed by atoms with Gasteiger partial charge in [0.25, 0.3) is 11.5 Å². The van der Waals surface area contributed by atoms with Gasteiger partial charge in [-0.15, -0.1) is 0 Å². The Hall–Kier alpha value is -3.50. The number of ether oxygens (including phenoxy) is 1. The fourth-order valence-corrected chi connectivity index (χ4v) is 4.43. The smallest absolute Gasteiger partial charge is 0.282 e. The van der Waals surface area contributed by atoms with E-state index in [2.05, 4.69) is 10.4 Å². The Labute approximate surface area is 210 Å². The van der Waals surface area contributed by atoms with E-state index in [0.717, 1.165) is 6.42 Å². The summed E-state index contributed by atoms with van der Waals surface area (Å²) in [6.45, 7) is 7.57. The Balaban J connectivity index is 1.59. The first kappa shape index (κ1) is 25.6. The second kappa shape index (κ2) is 11.5. The van der Waals surface area contributed by atoms with Gasteiger partial charge >= 0.3 is 0 Å². The van der Waals surface area contributed by atoms with Crippen molar-refractivity contribution < 1.29 is 14.3 Å². The second-order valence-electron chi connectivity index (χ2n) is 9.36. The molecule has 0 atom stereocenters. The van der Waals surface area contributed by atoms with Crippen LogP contribution in [-0.2, 0) is 16.1 Å². The van der Waals surface area contributed by atoms with E-state index in [1.165, 1.54) is 4.68 Å². The summed E-state index contributed by atoms with van der Waals surface area (Å²) in [6.07, 6.45) is 4.30. The number of carbonyl (C=O) groups excluding carboxylic acids is 2. The average molecular weight is 495 g/mol. The maximum absolute atomic E-state index is 13.7. The van der Waals surface area contributed by atoms with E-state index in [4.69, 9.17) is 4.74 Å². The van der Waals surface area contributed by atoms with Gasteiger partial charge in [-0.05, 0) is 32.4 Å². The van der Waals surface area contributed by atoms with Gasteiger partial charge in [0.1, 0.15) is 5.69 Å². The Kier molecular flexibility index (Phi) is 8.17. The fourth-order valence-electron chi connectivity index (χ4n) is 4.43. The molecule has 0 radical (unpaired) electrons. The number of pyridine rings is 1. The van der Waals surface area contributed by atoms with Crippen molar-refractivity contribution in [1.29, 1.82) is 0 Å². The number of piperazine rings is 1. The van der Waals surface area contributed by atoms with Gasteiger partial charge in [-0.25, -0.2) is 0 Å². The number of aryl methyl sites for hydroxylation is 1. The van der Waals surface area contributed by atoms with Crippen LogP contribution in [0.1, 0.15) is 30.6 Å². The molecule has 1 aromatic carbocycles. The number of rotatable bonds is 9. The number of aromatic nitrogens is 3. The van der Waals surface area contributed by atoms with Crippen LogP contribution in [0.15, 0.2) is 47.5 Å². The lowest BCUT2D eigenvalue weighted by Gasteiger charge is -2.34. The van der Waals surface area contributed by atoms with E-state index < -0.39 is 0 Å². The highest BCUT2D eigenvalue weighted by Crippen LogP contribution is 2.24. The first-order chi connectivity index (χ1) is 17.4. The third-order valence-corrected chi connectivity index (χ3v) is 6.20. The molecule has 1 N–H and O–H groups in total. The number of para-hydroxylation sites is 1. The Bertz CT molecular complexity index is 1210. The minimum atomic E-state index is -0.257. The van der Waals surface area contributed by atoms with Gasteiger partial charge in [0.2, 0.25) is 5.91 Å². The molecule has 0 spiro atoms. The van der Waals surface area contributed by atoms with Crippen molar-refractivity contribution in [3.8, 4) is 16.9 Å². The molecule has 10 nitrogen and oxygen atoms in total. The van der Waals surface area contributed by atoms with E-state index in [1.54, 1.807) is 24.4 Å². The van der Waals surface area contributed by atoms with Crippen molar-refractivity contribution in [2.75, 3.05) is 46.4 Å². The molecule has 192 valence electrons. The Morgan fingerprint density at radius 3 is 2.47 bits per heavy atom. The van der Waals surface area contributed by atoms with Crippen LogP contribution >= 0.6 is 0 Å². The molecule has 0 bridgehead atoms. The Morgan fingerprint density at radius 1 is 1.08 bits per heavy atom. The molecule has 1 saturated heterocycles. The van der Waals surface area contributed by atoms with Gasteiger partial charge < -0.3 is 19.5 Å². The summed E-state index contributed by atoms with van der Waals surface area (Å²) < 4.78 is 8.40. The summed E-state index contributed by atoms with van der Waals surface area (Å²) in [5, 5.41) is 7.48. The summed E-state index contributed by atoms with van der Waals surface area (Å²) >= 11 is 0. The van der Waals surface area contributed by atoms with Gasteiger partial charge in [0.15, 0.2) is 0 Å². The minimum Gasteiger partial charge on any atom is -0.385 e. The third-order valence-electron chi connectivity index (χ3n) is 6.20. The van der Waals surface area contributed by atoms with Crippen molar-refractivity contribution >= 4 is 11.8 Å². The molecule has 0 aliphatic carbocycles. The van der Waals surface area contributed by atoms with Gasteiger partial charge in [-0.2, -0.15) is 9.78 Å². The largest absolute Gasteiger partial charge is 0.385 e. The molecule has 2 amide bonds. The van der Waals surface area contributed by atoms with Crippen LogP contribution in [0.4, 0.5) is 0 Å². The Morgan fingerprint density at radius 2 is 1.81 bits per heavy atom. The van der Waals surface area contributed by atoms with Gasteiger partial charge in [0, 0.05) is 64.9 Å². The first-order valence-corrected chi connectivity index (χ1v) is 12.4. The lowest BCUT2D eigenvalue weighted by molar-refractivity contribution is -0.123. The fraction of sp³-hybridized carbons (Fsp3) is 0.462. The first-order valence-electron chi connectivity index (χ1n) is 12.4. The molecule has 3 aliphatic heterocycles. The van der Waals surface area contributed by atoms with Crippen LogP contribution in [0.5, 0.6) is 0 Å². The normalized spacial score (nSPS) is 14.5. The molecule has 1 fully saturated rings. The second-order valence-corrected chi connectivity index (χ2v) is 9.36. The molecular weight excluding hydrogens is 460 g/mol. The summed E-state index contributed by atoms with van der Waals surface area (Å²) in [5.41, 5.74) is 1.60. The molecule has 0 unspecified atom stereocenters. The monoisotopic (exact) mass is 494 g/mol. The highest BCUT2D eigenvalue weighted by Gasteiger charge is 2.29. The highest BCUT2D eigenvalue weighted by atomic mass is 16.5. The molecule has 0 saturated carbocycles. The predicted molar refractivity (Wildman–Crippen MR) is 137 cm³/mol. The van der Waals surface area contributed by atoms with Crippen molar-refractivity contribution in [3.63, 3.8) is 0 Å². The van der Waals surface area contributed by atoms with E-state index >= 15 is 0 Å². The van der Waals surface area contributed by atoms with Crippen molar-refractivity contribution in [3.05, 3.63) is 58.6 Å². The van der Waals surface area contributed by atoms with Crippen LogP contribution in [0.3, 0.4) is 0 Å². The van der Waals surface area contributed by atoms with Crippen molar-refractivity contribution in [1.82, 2.24) is 29.5 Å². The van der Waals surface area contributed by atoms with Crippen LogP contribution in [0.25, 0.3) is 16.9 Å². The van der Waals surface area contributed by atoms with E-state index in [1.807, 2.05) is 53.6 Å². The maximum atomic E-state index is 13.7. The SMILES string of the molecule is COCCCn1cc(C(=O)N2CCN(CC(=O)NC(C)C)CC2)c2nn(-c3ccccc3)c(=O)c-2c1.